The molecule has 0 bridgehead atoms. The van der Waals surface area contributed by atoms with Gasteiger partial charge in [0.2, 0.25) is 0 Å². The first-order chi connectivity index (χ1) is 11.3. The Kier molecular flexibility index (Phi) is 4.06. The molecule has 1 aliphatic rings. The number of H-pyrrole nitrogens is 1. The third kappa shape index (κ3) is 3.41. The summed E-state index contributed by atoms with van der Waals surface area (Å²) < 4.78 is 1.14. The van der Waals surface area contributed by atoms with Crippen LogP contribution in [0.25, 0.3) is 10.9 Å². The predicted octanol–water partition coefficient (Wildman–Crippen LogP) is 4.01. The highest BCUT2D eigenvalue weighted by molar-refractivity contribution is 9.10. The van der Waals surface area contributed by atoms with Gasteiger partial charge in [0.05, 0.1) is 11.7 Å². The van der Waals surface area contributed by atoms with Crippen LogP contribution in [0.2, 0.25) is 0 Å². The Balaban J connectivity index is 1.37. The number of benzene rings is 2. The van der Waals surface area contributed by atoms with Gasteiger partial charge in [-0.05, 0) is 42.3 Å². The second-order valence-corrected chi connectivity index (χ2v) is 7.08. The lowest BCUT2D eigenvalue weighted by molar-refractivity contribution is 0.328. The summed E-state index contributed by atoms with van der Waals surface area (Å²) in [5, 5.41) is 11.9. The molecule has 0 aliphatic carbocycles. The molecule has 2 aromatic carbocycles. The molecule has 1 aromatic heterocycles. The molecule has 0 amide bonds. The Bertz CT molecular complexity index is 796. The molecule has 1 aliphatic heterocycles. The topological polar surface area (TPSA) is 44.0 Å². The SMILES string of the molecule is Brc1ccc(CN2CCC(Nc3ccc4[nH]ncc4c3)C2)cc1. The van der Waals surface area contributed by atoms with E-state index in [1.165, 1.54) is 17.7 Å². The van der Waals surface area contributed by atoms with Crippen LogP contribution in [0.5, 0.6) is 0 Å². The van der Waals surface area contributed by atoms with Crippen LogP contribution < -0.4 is 5.32 Å². The minimum Gasteiger partial charge on any atom is -0.381 e. The van der Waals surface area contributed by atoms with E-state index in [0.29, 0.717) is 6.04 Å². The van der Waals surface area contributed by atoms with E-state index >= 15 is 0 Å². The first kappa shape index (κ1) is 14.7. The fourth-order valence-corrected chi connectivity index (χ4v) is 3.47. The van der Waals surface area contributed by atoms with Crippen molar-refractivity contribution in [2.75, 3.05) is 18.4 Å². The highest BCUT2D eigenvalue weighted by Gasteiger charge is 2.22. The number of nitrogens with zero attached hydrogens (tertiary/aromatic N) is 2. The second kappa shape index (κ2) is 6.34. The predicted molar refractivity (Wildman–Crippen MR) is 97.5 cm³/mol. The zero-order valence-electron chi connectivity index (χ0n) is 12.8. The molecular formula is C18H19BrN4. The van der Waals surface area contributed by atoms with Gasteiger partial charge in [0.15, 0.2) is 0 Å². The molecule has 1 unspecified atom stereocenters. The maximum absolute atomic E-state index is 4.07. The third-order valence-corrected chi connectivity index (χ3v) is 4.93. The molecule has 4 rings (SSSR count). The molecule has 2 N–H and O–H groups in total. The molecule has 23 heavy (non-hydrogen) atoms. The van der Waals surface area contributed by atoms with E-state index in [2.05, 4.69) is 78.8 Å². The average molecular weight is 371 g/mol. The summed E-state index contributed by atoms with van der Waals surface area (Å²) in [6, 6.07) is 15.5. The maximum atomic E-state index is 4.07. The molecule has 5 heteroatoms. The van der Waals surface area contributed by atoms with Crippen molar-refractivity contribution in [3.63, 3.8) is 0 Å². The van der Waals surface area contributed by atoms with Gasteiger partial charge in [0.1, 0.15) is 0 Å². The van der Waals surface area contributed by atoms with E-state index in [9.17, 15) is 0 Å². The highest BCUT2D eigenvalue weighted by Crippen LogP contribution is 2.21. The molecule has 0 radical (unpaired) electrons. The van der Waals surface area contributed by atoms with Crippen molar-refractivity contribution < 1.29 is 0 Å². The number of rotatable bonds is 4. The zero-order valence-corrected chi connectivity index (χ0v) is 14.4. The Morgan fingerprint density at radius 2 is 2.09 bits per heavy atom. The van der Waals surface area contributed by atoms with Crippen molar-refractivity contribution in [1.82, 2.24) is 15.1 Å². The summed E-state index contributed by atoms with van der Waals surface area (Å²) in [5.74, 6) is 0. The largest absolute Gasteiger partial charge is 0.381 e. The second-order valence-electron chi connectivity index (χ2n) is 6.16. The molecule has 2 heterocycles. The van der Waals surface area contributed by atoms with E-state index in [4.69, 9.17) is 0 Å². The molecule has 1 fully saturated rings. The van der Waals surface area contributed by atoms with Gasteiger partial charge in [-0.1, -0.05) is 28.1 Å². The van der Waals surface area contributed by atoms with Gasteiger partial charge in [0, 0.05) is 41.2 Å². The van der Waals surface area contributed by atoms with Crippen molar-refractivity contribution in [2.45, 2.75) is 19.0 Å². The minimum absolute atomic E-state index is 0.509. The van der Waals surface area contributed by atoms with Gasteiger partial charge in [0.25, 0.3) is 0 Å². The first-order valence-electron chi connectivity index (χ1n) is 7.93. The molecule has 0 saturated carbocycles. The van der Waals surface area contributed by atoms with Crippen molar-refractivity contribution in [1.29, 1.82) is 0 Å². The van der Waals surface area contributed by atoms with E-state index in [1.54, 1.807) is 0 Å². The summed E-state index contributed by atoms with van der Waals surface area (Å²) in [6.07, 6.45) is 3.05. The van der Waals surface area contributed by atoms with Crippen LogP contribution in [0, 0.1) is 0 Å². The van der Waals surface area contributed by atoms with E-state index in [0.717, 1.165) is 35.0 Å². The van der Waals surface area contributed by atoms with E-state index in [1.807, 2.05) is 6.20 Å². The summed E-state index contributed by atoms with van der Waals surface area (Å²) in [6.45, 7) is 3.24. The Labute approximate surface area is 144 Å². The van der Waals surface area contributed by atoms with Gasteiger partial charge in [-0.15, -0.1) is 0 Å². The molecule has 1 atom stereocenters. The zero-order chi connectivity index (χ0) is 15.6. The van der Waals surface area contributed by atoms with E-state index in [-0.39, 0.29) is 0 Å². The molecule has 0 spiro atoms. The van der Waals surface area contributed by atoms with Crippen LogP contribution in [0.15, 0.2) is 53.1 Å². The molecule has 3 aromatic rings. The number of likely N-dealkylation sites (tertiary alicyclic amines) is 1. The smallest absolute Gasteiger partial charge is 0.0651 e. The minimum atomic E-state index is 0.509. The summed E-state index contributed by atoms with van der Waals surface area (Å²) in [7, 11) is 0. The lowest BCUT2D eigenvalue weighted by Crippen LogP contribution is -2.25. The highest BCUT2D eigenvalue weighted by atomic mass is 79.9. The molecular weight excluding hydrogens is 352 g/mol. The van der Waals surface area contributed by atoms with Crippen LogP contribution in [-0.4, -0.2) is 34.2 Å². The normalized spacial score (nSPS) is 18.6. The Hall–Kier alpha value is -1.85. The van der Waals surface area contributed by atoms with Crippen LogP contribution in [0.3, 0.4) is 0 Å². The Morgan fingerprint density at radius 3 is 2.96 bits per heavy atom. The van der Waals surface area contributed by atoms with Crippen molar-refractivity contribution in [3.05, 3.63) is 58.7 Å². The van der Waals surface area contributed by atoms with Gasteiger partial charge in [-0.3, -0.25) is 10.00 Å². The molecule has 4 nitrogen and oxygen atoms in total. The lowest BCUT2D eigenvalue weighted by Gasteiger charge is -2.17. The fourth-order valence-electron chi connectivity index (χ4n) is 3.21. The van der Waals surface area contributed by atoms with Crippen LogP contribution in [0.1, 0.15) is 12.0 Å². The van der Waals surface area contributed by atoms with Crippen molar-refractivity contribution in [3.8, 4) is 0 Å². The molecule has 1 saturated heterocycles. The summed E-state index contributed by atoms with van der Waals surface area (Å²) in [5.41, 5.74) is 3.63. The van der Waals surface area contributed by atoms with Crippen molar-refractivity contribution in [2.24, 2.45) is 0 Å². The number of fused-ring (bicyclic) bond motifs is 1. The van der Waals surface area contributed by atoms with Gasteiger partial charge in [-0.2, -0.15) is 5.10 Å². The van der Waals surface area contributed by atoms with E-state index < -0.39 is 0 Å². The number of anilines is 1. The van der Waals surface area contributed by atoms with Crippen LogP contribution in [0.4, 0.5) is 5.69 Å². The first-order valence-corrected chi connectivity index (χ1v) is 8.72. The van der Waals surface area contributed by atoms with Gasteiger partial charge >= 0.3 is 0 Å². The summed E-state index contributed by atoms with van der Waals surface area (Å²) >= 11 is 3.49. The maximum Gasteiger partial charge on any atom is 0.0651 e. The van der Waals surface area contributed by atoms with Gasteiger partial charge < -0.3 is 5.32 Å². The standard InChI is InChI=1S/C18H19BrN4/c19-15-3-1-13(2-4-15)11-23-8-7-17(12-23)21-16-5-6-18-14(9-16)10-20-22-18/h1-6,9-10,17,21H,7-8,11-12H2,(H,20,22). The number of halogens is 1. The number of nitrogens with one attached hydrogen (secondary N) is 2. The number of hydrogen-bond acceptors (Lipinski definition) is 3. The quantitative estimate of drug-likeness (QED) is 0.728. The molecule has 118 valence electrons. The number of aromatic nitrogens is 2. The average Bonchev–Trinajstić information content (AvgIpc) is 3.18. The summed E-state index contributed by atoms with van der Waals surface area (Å²) in [4.78, 5) is 2.51. The third-order valence-electron chi connectivity index (χ3n) is 4.40. The van der Waals surface area contributed by atoms with Crippen molar-refractivity contribution >= 4 is 32.5 Å². The number of hydrogen-bond donors (Lipinski definition) is 2. The number of aromatic amines is 1. The van der Waals surface area contributed by atoms with Gasteiger partial charge in [-0.25, -0.2) is 0 Å². The van der Waals surface area contributed by atoms with Crippen LogP contribution >= 0.6 is 15.9 Å². The fraction of sp³-hybridized carbons (Fsp3) is 0.278. The Morgan fingerprint density at radius 1 is 1.22 bits per heavy atom. The lowest BCUT2D eigenvalue weighted by atomic mass is 10.2. The van der Waals surface area contributed by atoms with Crippen LogP contribution in [-0.2, 0) is 6.54 Å². The monoisotopic (exact) mass is 370 g/mol.